The summed E-state index contributed by atoms with van der Waals surface area (Å²) in [7, 11) is 0. The van der Waals surface area contributed by atoms with Gasteiger partial charge in [-0.05, 0) is 18.6 Å². The highest BCUT2D eigenvalue weighted by atomic mass is 16.7. The maximum Gasteiger partial charge on any atom is 0.260 e. The number of carbonyl (C=O) groups is 1. The summed E-state index contributed by atoms with van der Waals surface area (Å²) in [5, 5.41) is 3.10. The minimum Gasteiger partial charge on any atom is -0.361 e. The molecule has 2 rings (SSSR count). The van der Waals surface area contributed by atoms with Crippen LogP contribution in [-0.2, 0) is 4.79 Å². The van der Waals surface area contributed by atoms with Gasteiger partial charge in [-0.2, -0.15) is 5.01 Å². The van der Waals surface area contributed by atoms with E-state index in [9.17, 15) is 4.79 Å². The molecule has 1 aromatic carbocycles. The van der Waals surface area contributed by atoms with Gasteiger partial charge in [0, 0.05) is 13.1 Å². The van der Waals surface area contributed by atoms with Crippen LogP contribution in [0.25, 0.3) is 0 Å². The number of benzene rings is 1. The van der Waals surface area contributed by atoms with Crippen molar-refractivity contribution in [3.63, 3.8) is 0 Å². The summed E-state index contributed by atoms with van der Waals surface area (Å²) in [4.78, 5) is 16.4. The molecule has 16 heavy (non-hydrogen) atoms. The Hall–Kier alpha value is -1.81. The third-order valence-corrected chi connectivity index (χ3v) is 2.35. The number of hydrazine groups is 1. The number of hydroxylamine groups is 1. The van der Waals surface area contributed by atoms with Crippen molar-refractivity contribution in [2.75, 3.05) is 13.1 Å². The number of hydrogen-bond acceptors (Lipinski definition) is 3. The minimum atomic E-state index is 0.657. The molecule has 0 fully saturated rings. The Balaban J connectivity index is 2.00. The van der Waals surface area contributed by atoms with E-state index < -0.39 is 0 Å². The van der Waals surface area contributed by atoms with E-state index in [-0.39, 0.29) is 0 Å². The second kappa shape index (κ2) is 5.32. The van der Waals surface area contributed by atoms with Crippen molar-refractivity contribution in [1.82, 2.24) is 10.2 Å². The lowest BCUT2D eigenvalue weighted by atomic mass is 10.3. The van der Waals surface area contributed by atoms with E-state index in [0.717, 1.165) is 13.0 Å². The molecule has 0 atom stereocenters. The van der Waals surface area contributed by atoms with Gasteiger partial charge in [-0.15, -0.1) is 5.17 Å². The fourth-order valence-electron chi connectivity index (χ4n) is 1.54. The zero-order chi connectivity index (χ0) is 11.2. The number of rotatable bonds is 4. The quantitative estimate of drug-likeness (QED) is 0.437. The minimum absolute atomic E-state index is 0.657. The van der Waals surface area contributed by atoms with E-state index in [1.807, 2.05) is 41.4 Å². The lowest BCUT2D eigenvalue weighted by Crippen LogP contribution is -2.45. The summed E-state index contributed by atoms with van der Waals surface area (Å²) in [6, 6.07) is 9.27. The third-order valence-electron chi connectivity index (χ3n) is 2.35. The largest absolute Gasteiger partial charge is 0.361 e. The lowest BCUT2D eigenvalue weighted by molar-refractivity contribution is -0.205. The first-order valence-electron chi connectivity index (χ1n) is 5.27. The maximum absolute atomic E-state index is 10.9. The second-order valence-corrected chi connectivity index (χ2v) is 3.48. The van der Waals surface area contributed by atoms with E-state index >= 15 is 0 Å². The molecule has 0 spiro atoms. The van der Waals surface area contributed by atoms with Crippen molar-refractivity contribution in [3.05, 3.63) is 42.5 Å². The Morgan fingerprint density at radius 3 is 2.69 bits per heavy atom. The van der Waals surface area contributed by atoms with E-state index in [4.69, 9.17) is 4.84 Å². The number of para-hydroxylation sites is 1. The summed E-state index contributed by atoms with van der Waals surface area (Å²) in [6.45, 7) is 1.49. The average molecular weight is 218 g/mol. The second-order valence-electron chi connectivity index (χ2n) is 3.48. The Bertz CT molecular complexity index is 365. The number of amides is 1. The van der Waals surface area contributed by atoms with Crippen LogP contribution in [0.5, 0.6) is 5.75 Å². The van der Waals surface area contributed by atoms with Gasteiger partial charge in [-0.1, -0.05) is 30.4 Å². The molecule has 0 saturated carbocycles. The van der Waals surface area contributed by atoms with Gasteiger partial charge in [0.25, 0.3) is 6.41 Å². The molecule has 0 unspecified atom stereocenters. The molecule has 0 N–H and O–H groups in total. The third kappa shape index (κ3) is 2.61. The fraction of sp³-hybridized carbons (Fsp3) is 0.250. The van der Waals surface area contributed by atoms with E-state index in [1.54, 1.807) is 0 Å². The molecule has 1 heterocycles. The summed E-state index contributed by atoms with van der Waals surface area (Å²) in [5.41, 5.74) is 0. The molecule has 0 saturated heterocycles. The fourth-order valence-corrected chi connectivity index (χ4v) is 1.54. The number of carbonyl (C=O) groups excluding carboxylic acids is 1. The molecule has 0 aromatic heterocycles. The van der Waals surface area contributed by atoms with Gasteiger partial charge in [0.15, 0.2) is 5.75 Å². The first-order valence-corrected chi connectivity index (χ1v) is 5.27. The highest BCUT2D eigenvalue weighted by Gasteiger charge is 2.15. The molecule has 1 amide bonds. The van der Waals surface area contributed by atoms with Gasteiger partial charge in [-0.25, -0.2) is 0 Å². The van der Waals surface area contributed by atoms with Crippen molar-refractivity contribution in [2.24, 2.45) is 0 Å². The standard InChI is InChI=1S/C12H14N2O2/c15-11-14(13-9-5-2-6-10-13)16-12-7-3-1-4-8-12/h1-5,7-8,11H,6,9-10H2. The van der Waals surface area contributed by atoms with Crippen molar-refractivity contribution in [2.45, 2.75) is 6.42 Å². The van der Waals surface area contributed by atoms with Crippen molar-refractivity contribution >= 4 is 6.41 Å². The van der Waals surface area contributed by atoms with Crippen molar-refractivity contribution in [1.29, 1.82) is 0 Å². The first kappa shape index (κ1) is 10.7. The van der Waals surface area contributed by atoms with Gasteiger partial charge in [0.05, 0.1) is 0 Å². The molecule has 1 aliphatic heterocycles. The van der Waals surface area contributed by atoms with Crippen LogP contribution in [0.3, 0.4) is 0 Å². The molecular formula is C12H14N2O2. The van der Waals surface area contributed by atoms with Crippen LogP contribution in [0.4, 0.5) is 0 Å². The average Bonchev–Trinajstić information content (AvgIpc) is 2.38. The Labute approximate surface area is 94.6 Å². The summed E-state index contributed by atoms with van der Waals surface area (Å²) in [5.74, 6) is 0.657. The highest BCUT2D eigenvalue weighted by molar-refractivity contribution is 5.45. The Kier molecular flexibility index (Phi) is 3.56. The summed E-state index contributed by atoms with van der Waals surface area (Å²) in [6.07, 6.45) is 5.74. The molecule has 0 radical (unpaired) electrons. The summed E-state index contributed by atoms with van der Waals surface area (Å²) >= 11 is 0. The molecule has 4 heteroatoms. The van der Waals surface area contributed by atoms with Crippen LogP contribution >= 0.6 is 0 Å². The molecule has 4 nitrogen and oxygen atoms in total. The molecule has 1 aliphatic rings. The van der Waals surface area contributed by atoms with E-state index in [1.165, 1.54) is 5.17 Å². The van der Waals surface area contributed by atoms with E-state index in [0.29, 0.717) is 18.7 Å². The van der Waals surface area contributed by atoms with Crippen molar-refractivity contribution < 1.29 is 9.63 Å². The zero-order valence-corrected chi connectivity index (χ0v) is 8.95. The van der Waals surface area contributed by atoms with E-state index in [2.05, 4.69) is 6.08 Å². The smallest absolute Gasteiger partial charge is 0.260 e. The molecular weight excluding hydrogens is 204 g/mol. The summed E-state index contributed by atoms with van der Waals surface area (Å²) < 4.78 is 0. The van der Waals surface area contributed by atoms with Gasteiger partial charge in [-0.3, -0.25) is 4.79 Å². The van der Waals surface area contributed by atoms with Crippen LogP contribution in [0, 0.1) is 0 Å². The van der Waals surface area contributed by atoms with Gasteiger partial charge in [0.2, 0.25) is 0 Å². The van der Waals surface area contributed by atoms with Gasteiger partial charge >= 0.3 is 0 Å². The van der Waals surface area contributed by atoms with Crippen LogP contribution in [-0.4, -0.2) is 29.7 Å². The number of hydrogen-bond donors (Lipinski definition) is 0. The molecule has 1 aromatic rings. The van der Waals surface area contributed by atoms with Gasteiger partial charge in [0.1, 0.15) is 0 Å². The zero-order valence-electron chi connectivity index (χ0n) is 8.95. The molecule has 0 aliphatic carbocycles. The van der Waals surface area contributed by atoms with Crippen LogP contribution in [0.15, 0.2) is 42.5 Å². The predicted octanol–water partition coefficient (Wildman–Crippen LogP) is 1.62. The highest BCUT2D eigenvalue weighted by Crippen LogP contribution is 2.12. The monoisotopic (exact) mass is 218 g/mol. The normalized spacial score (nSPS) is 15.8. The Morgan fingerprint density at radius 2 is 2.06 bits per heavy atom. The molecule has 0 bridgehead atoms. The van der Waals surface area contributed by atoms with Crippen LogP contribution in [0.1, 0.15) is 6.42 Å². The lowest BCUT2D eigenvalue weighted by Gasteiger charge is -2.30. The van der Waals surface area contributed by atoms with Crippen LogP contribution < -0.4 is 4.84 Å². The van der Waals surface area contributed by atoms with Crippen LogP contribution in [0.2, 0.25) is 0 Å². The van der Waals surface area contributed by atoms with Crippen molar-refractivity contribution in [3.8, 4) is 5.75 Å². The Morgan fingerprint density at radius 1 is 1.25 bits per heavy atom. The molecule has 84 valence electrons. The topological polar surface area (TPSA) is 32.8 Å². The maximum atomic E-state index is 10.9. The SMILES string of the molecule is O=CN(Oc1ccccc1)N1CC=CCC1. The first-order chi connectivity index (χ1) is 7.90. The number of nitrogens with zero attached hydrogens (tertiary/aromatic N) is 2. The predicted molar refractivity (Wildman–Crippen MR) is 60.3 cm³/mol. The van der Waals surface area contributed by atoms with Gasteiger partial charge < -0.3 is 4.84 Å².